The van der Waals surface area contributed by atoms with Gasteiger partial charge in [0, 0.05) is 6.54 Å². The third kappa shape index (κ3) is 5.42. The van der Waals surface area contributed by atoms with Gasteiger partial charge in [-0.3, -0.25) is 4.79 Å². The van der Waals surface area contributed by atoms with Crippen LogP contribution >= 0.6 is 0 Å². The summed E-state index contributed by atoms with van der Waals surface area (Å²) in [6, 6.07) is 8.00. The molecule has 0 spiro atoms. The predicted molar refractivity (Wildman–Crippen MR) is 94.8 cm³/mol. The van der Waals surface area contributed by atoms with Gasteiger partial charge in [-0.25, -0.2) is 0 Å². The zero-order valence-corrected chi connectivity index (χ0v) is 14.8. The Labute approximate surface area is 140 Å². The Morgan fingerprint density at radius 3 is 2.48 bits per heavy atom. The van der Waals surface area contributed by atoms with E-state index in [4.69, 9.17) is 4.74 Å². The first-order valence-corrected chi connectivity index (χ1v) is 8.59. The molecule has 1 N–H and O–H groups in total. The van der Waals surface area contributed by atoms with E-state index in [1.54, 1.807) is 6.92 Å². The third-order valence-corrected chi connectivity index (χ3v) is 4.28. The van der Waals surface area contributed by atoms with Gasteiger partial charge in [0.1, 0.15) is 5.75 Å². The fourth-order valence-corrected chi connectivity index (χ4v) is 2.70. The molecule has 1 atom stereocenters. The topological polar surface area (TPSA) is 38.3 Å². The average molecular weight is 315 g/mol. The van der Waals surface area contributed by atoms with Crippen LogP contribution in [0.3, 0.4) is 0 Å². The van der Waals surface area contributed by atoms with Gasteiger partial charge in [-0.2, -0.15) is 0 Å². The number of benzene rings is 1. The van der Waals surface area contributed by atoms with Crippen molar-refractivity contribution >= 4 is 5.91 Å². The SMILES string of the molecule is CC(Oc1ccc(C(C)(C)C)cc1)C(=O)NCC1=CCCCC1. The van der Waals surface area contributed by atoms with Gasteiger partial charge in [-0.1, -0.05) is 44.6 Å². The van der Waals surface area contributed by atoms with Crippen LogP contribution in [0, 0.1) is 0 Å². The fraction of sp³-hybridized carbons (Fsp3) is 0.550. The van der Waals surface area contributed by atoms with Crippen LogP contribution in [0.5, 0.6) is 5.75 Å². The van der Waals surface area contributed by atoms with Crippen molar-refractivity contribution < 1.29 is 9.53 Å². The van der Waals surface area contributed by atoms with Crippen LogP contribution in [0.4, 0.5) is 0 Å². The van der Waals surface area contributed by atoms with Crippen molar-refractivity contribution in [3.05, 3.63) is 41.5 Å². The Balaban J connectivity index is 1.84. The van der Waals surface area contributed by atoms with Crippen molar-refractivity contribution in [2.24, 2.45) is 0 Å². The van der Waals surface area contributed by atoms with Crippen LogP contribution in [-0.4, -0.2) is 18.6 Å². The second kappa shape index (κ2) is 7.67. The molecule has 1 aliphatic rings. The minimum atomic E-state index is -0.486. The molecule has 0 bridgehead atoms. The summed E-state index contributed by atoms with van der Waals surface area (Å²) in [5.41, 5.74) is 2.72. The summed E-state index contributed by atoms with van der Waals surface area (Å²) in [6.45, 7) is 8.98. The van der Waals surface area contributed by atoms with Crippen molar-refractivity contribution in [3.8, 4) is 5.75 Å². The van der Waals surface area contributed by atoms with Crippen LogP contribution in [-0.2, 0) is 10.2 Å². The summed E-state index contributed by atoms with van der Waals surface area (Å²) in [6.07, 6.45) is 6.50. The van der Waals surface area contributed by atoms with Gasteiger partial charge in [0.15, 0.2) is 6.10 Å². The second-order valence-electron chi connectivity index (χ2n) is 7.36. The number of allylic oxidation sites excluding steroid dienone is 1. The summed E-state index contributed by atoms with van der Waals surface area (Å²) >= 11 is 0. The molecule has 1 amide bonds. The van der Waals surface area contributed by atoms with Crippen molar-refractivity contribution in [1.29, 1.82) is 0 Å². The molecule has 0 saturated heterocycles. The molecule has 0 aliphatic heterocycles. The predicted octanol–water partition coefficient (Wildman–Crippen LogP) is 4.37. The summed E-state index contributed by atoms with van der Waals surface area (Å²) in [4.78, 5) is 12.2. The van der Waals surface area contributed by atoms with E-state index in [9.17, 15) is 4.79 Å². The van der Waals surface area contributed by atoms with Crippen LogP contribution in [0.25, 0.3) is 0 Å². The number of carbonyl (C=O) groups is 1. The number of amides is 1. The first kappa shape index (κ1) is 17.6. The van der Waals surface area contributed by atoms with Gasteiger partial charge in [0.05, 0.1) is 0 Å². The van der Waals surface area contributed by atoms with Gasteiger partial charge < -0.3 is 10.1 Å². The number of ether oxygens (including phenoxy) is 1. The lowest BCUT2D eigenvalue weighted by Gasteiger charge is -2.20. The minimum Gasteiger partial charge on any atom is -0.481 e. The van der Waals surface area contributed by atoms with Gasteiger partial charge in [0.25, 0.3) is 5.91 Å². The largest absolute Gasteiger partial charge is 0.481 e. The van der Waals surface area contributed by atoms with E-state index in [2.05, 4.69) is 44.3 Å². The normalized spacial score (nSPS) is 16.4. The van der Waals surface area contributed by atoms with E-state index < -0.39 is 6.10 Å². The second-order valence-corrected chi connectivity index (χ2v) is 7.36. The van der Waals surface area contributed by atoms with E-state index >= 15 is 0 Å². The monoisotopic (exact) mass is 315 g/mol. The quantitative estimate of drug-likeness (QED) is 0.820. The van der Waals surface area contributed by atoms with Crippen molar-refractivity contribution in [2.45, 2.75) is 64.9 Å². The lowest BCUT2D eigenvalue weighted by molar-refractivity contribution is -0.127. The molecular formula is C20H29NO2. The molecule has 1 aromatic carbocycles. The highest BCUT2D eigenvalue weighted by atomic mass is 16.5. The van der Waals surface area contributed by atoms with Gasteiger partial charge in [-0.05, 0) is 55.7 Å². The van der Waals surface area contributed by atoms with Crippen molar-refractivity contribution in [1.82, 2.24) is 5.32 Å². The van der Waals surface area contributed by atoms with E-state index in [-0.39, 0.29) is 11.3 Å². The Morgan fingerprint density at radius 2 is 1.91 bits per heavy atom. The standard InChI is InChI=1S/C20H29NO2/c1-15(19(22)21-14-16-8-6-5-7-9-16)23-18-12-10-17(11-13-18)20(2,3)4/h8,10-13,15H,5-7,9,14H2,1-4H3,(H,21,22). The third-order valence-electron chi connectivity index (χ3n) is 4.28. The molecule has 0 aromatic heterocycles. The molecule has 2 rings (SSSR count). The Kier molecular flexibility index (Phi) is 5.86. The fourth-order valence-electron chi connectivity index (χ4n) is 2.70. The van der Waals surface area contributed by atoms with E-state index in [1.807, 2.05) is 12.1 Å². The van der Waals surface area contributed by atoms with Gasteiger partial charge in [0.2, 0.25) is 0 Å². The number of hydrogen-bond donors (Lipinski definition) is 1. The maximum Gasteiger partial charge on any atom is 0.261 e. The van der Waals surface area contributed by atoms with Gasteiger partial charge in [-0.15, -0.1) is 0 Å². The number of hydrogen-bond acceptors (Lipinski definition) is 2. The molecule has 3 heteroatoms. The minimum absolute atomic E-state index is 0.0589. The maximum atomic E-state index is 12.2. The zero-order valence-electron chi connectivity index (χ0n) is 14.8. The number of carbonyl (C=O) groups excluding carboxylic acids is 1. The molecule has 1 unspecified atom stereocenters. The lowest BCUT2D eigenvalue weighted by atomic mass is 9.87. The lowest BCUT2D eigenvalue weighted by Crippen LogP contribution is -2.37. The number of rotatable bonds is 5. The molecule has 0 radical (unpaired) electrons. The Morgan fingerprint density at radius 1 is 1.22 bits per heavy atom. The highest BCUT2D eigenvalue weighted by molar-refractivity contribution is 5.80. The highest BCUT2D eigenvalue weighted by Crippen LogP contribution is 2.24. The summed E-state index contributed by atoms with van der Waals surface area (Å²) < 4.78 is 5.75. The van der Waals surface area contributed by atoms with E-state index in [0.29, 0.717) is 6.54 Å². The van der Waals surface area contributed by atoms with Crippen LogP contribution in [0.1, 0.15) is 58.9 Å². The van der Waals surface area contributed by atoms with Crippen LogP contribution in [0.2, 0.25) is 0 Å². The summed E-state index contributed by atoms with van der Waals surface area (Å²) in [7, 11) is 0. The molecule has 1 aromatic rings. The molecular weight excluding hydrogens is 286 g/mol. The summed E-state index contributed by atoms with van der Waals surface area (Å²) in [5, 5.41) is 2.98. The first-order valence-electron chi connectivity index (χ1n) is 8.59. The summed E-state index contributed by atoms with van der Waals surface area (Å²) in [5.74, 6) is 0.675. The van der Waals surface area contributed by atoms with Crippen molar-refractivity contribution in [3.63, 3.8) is 0 Å². The molecule has 0 fully saturated rings. The molecule has 1 aliphatic carbocycles. The first-order chi connectivity index (χ1) is 10.9. The molecule has 23 heavy (non-hydrogen) atoms. The molecule has 0 saturated carbocycles. The van der Waals surface area contributed by atoms with Gasteiger partial charge >= 0.3 is 0 Å². The number of nitrogens with one attached hydrogen (secondary N) is 1. The molecule has 126 valence electrons. The smallest absolute Gasteiger partial charge is 0.261 e. The van der Waals surface area contributed by atoms with E-state index in [1.165, 1.54) is 24.0 Å². The Hall–Kier alpha value is -1.77. The highest BCUT2D eigenvalue weighted by Gasteiger charge is 2.17. The van der Waals surface area contributed by atoms with E-state index in [0.717, 1.165) is 18.6 Å². The molecule has 3 nitrogen and oxygen atoms in total. The Bertz CT molecular complexity index is 552. The van der Waals surface area contributed by atoms with Crippen molar-refractivity contribution in [2.75, 3.05) is 6.54 Å². The molecule has 0 heterocycles. The average Bonchev–Trinajstić information content (AvgIpc) is 2.53. The maximum absolute atomic E-state index is 12.2. The zero-order chi connectivity index (χ0) is 16.9. The van der Waals surface area contributed by atoms with Crippen LogP contribution < -0.4 is 10.1 Å². The van der Waals surface area contributed by atoms with Crippen LogP contribution in [0.15, 0.2) is 35.9 Å².